The molecular formula is C18H17N5OS. The lowest BCUT2D eigenvalue weighted by atomic mass is 10.0. The predicted octanol–water partition coefficient (Wildman–Crippen LogP) is 2.29. The number of hydrogen-bond acceptors (Lipinski definition) is 6. The molecule has 0 unspecified atom stereocenters. The van der Waals surface area contributed by atoms with Gasteiger partial charge in [0.15, 0.2) is 0 Å². The van der Waals surface area contributed by atoms with Crippen LogP contribution in [0.1, 0.15) is 10.4 Å². The van der Waals surface area contributed by atoms with E-state index in [9.17, 15) is 4.79 Å². The van der Waals surface area contributed by atoms with Crippen molar-refractivity contribution in [3.8, 4) is 0 Å². The van der Waals surface area contributed by atoms with Crippen LogP contribution in [0.3, 0.4) is 0 Å². The summed E-state index contributed by atoms with van der Waals surface area (Å²) in [6.45, 7) is 3.45. The zero-order valence-corrected chi connectivity index (χ0v) is 14.4. The Hall–Kier alpha value is -2.54. The number of benzene rings is 1. The number of hydrogen-bond donors (Lipinski definition) is 0. The van der Waals surface area contributed by atoms with Crippen LogP contribution in [0.15, 0.2) is 42.9 Å². The third-order valence-corrected chi connectivity index (χ3v) is 6.00. The number of likely N-dealkylation sites (tertiary alicyclic amines) is 1. The first-order chi connectivity index (χ1) is 12.3. The molecule has 2 aromatic heterocycles. The number of fused-ring (bicyclic) bond motifs is 2. The molecule has 2 aliphatic rings. The summed E-state index contributed by atoms with van der Waals surface area (Å²) in [6.07, 6.45) is 5.36. The zero-order valence-electron chi connectivity index (χ0n) is 13.6. The van der Waals surface area contributed by atoms with Crippen LogP contribution in [0, 0.1) is 11.8 Å². The minimum atomic E-state index is 0.128. The monoisotopic (exact) mass is 351 g/mol. The number of nitrogens with zero attached hydrogens (tertiary/aromatic N) is 5. The maximum absolute atomic E-state index is 13.0. The summed E-state index contributed by atoms with van der Waals surface area (Å²) in [6, 6.07) is 7.71. The predicted molar refractivity (Wildman–Crippen MR) is 96.7 cm³/mol. The Morgan fingerprint density at radius 3 is 2.56 bits per heavy atom. The van der Waals surface area contributed by atoms with E-state index in [4.69, 9.17) is 0 Å². The lowest BCUT2D eigenvalue weighted by molar-refractivity contribution is 0.0784. The highest BCUT2D eigenvalue weighted by molar-refractivity contribution is 7.13. The van der Waals surface area contributed by atoms with Gasteiger partial charge in [-0.15, -0.1) is 0 Å². The van der Waals surface area contributed by atoms with Gasteiger partial charge in [-0.1, -0.05) is 6.07 Å². The highest BCUT2D eigenvalue weighted by atomic mass is 32.1. The molecule has 1 amide bonds. The normalized spacial score (nSPS) is 22.6. The molecule has 0 bridgehead atoms. The number of carbonyl (C=O) groups is 1. The van der Waals surface area contributed by atoms with Crippen molar-refractivity contribution < 1.29 is 4.79 Å². The van der Waals surface area contributed by atoms with E-state index in [0.29, 0.717) is 11.8 Å². The third kappa shape index (κ3) is 2.46. The summed E-state index contributed by atoms with van der Waals surface area (Å²) in [5.41, 5.74) is 0.773. The lowest BCUT2D eigenvalue weighted by Crippen LogP contribution is -2.33. The second-order valence-electron chi connectivity index (χ2n) is 6.73. The molecule has 2 aliphatic heterocycles. The Labute approximate surface area is 149 Å². The van der Waals surface area contributed by atoms with Gasteiger partial charge in [0.25, 0.3) is 5.91 Å². The van der Waals surface area contributed by atoms with Gasteiger partial charge in [0.2, 0.25) is 5.95 Å². The van der Waals surface area contributed by atoms with Crippen LogP contribution in [0.25, 0.3) is 10.1 Å². The van der Waals surface area contributed by atoms with Crippen molar-refractivity contribution in [3.05, 3.63) is 48.4 Å². The maximum atomic E-state index is 13.0. The van der Waals surface area contributed by atoms with Gasteiger partial charge in [0, 0.05) is 67.6 Å². The molecule has 0 aliphatic carbocycles. The molecular weight excluding hydrogens is 334 g/mol. The molecule has 126 valence electrons. The molecule has 7 heteroatoms. The quantitative estimate of drug-likeness (QED) is 0.709. The fraction of sp³-hybridized carbons (Fsp3) is 0.333. The molecule has 2 fully saturated rings. The molecule has 0 saturated carbocycles. The summed E-state index contributed by atoms with van der Waals surface area (Å²) < 4.78 is 5.29. The molecule has 4 heterocycles. The third-order valence-electron chi connectivity index (χ3n) is 5.24. The van der Waals surface area contributed by atoms with Gasteiger partial charge in [-0.3, -0.25) is 4.79 Å². The van der Waals surface area contributed by atoms with Crippen molar-refractivity contribution in [2.75, 3.05) is 31.1 Å². The Morgan fingerprint density at radius 2 is 1.80 bits per heavy atom. The Morgan fingerprint density at radius 1 is 1.04 bits per heavy atom. The van der Waals surface area contributed by atoms with Gasteiger partial charge >= 0.3 is 0 Å². The maximum Gasteiger partial charge on any atom is 0.254 e. The molecule has 25 heavy (non-hydrogen) atoms. The van der Waals surface area contributed by atoms with E-state index in [1.165, 1.54) is 11.5 Å². The standard InChI is InChI=1S/C18H17N5OS/c24-17(14-3-1-4-16-15(14)7-21-25-16)22-8-12-10-23(11-13(12)9-22)18-19-5-2-6-20-18/h1-7,12-13H,8-11H2/t12-,13+. The average molecular weight is 351 g/mol. The van der Waals surface area contributed by atoms with E-state index in [-0.39, 0.29) is 5.91 Å². The topological polar surface area (TPSA) is 62.2 Å². The molecule has 0 spiro atoms. The molecule has 1 aromatic carbocycles. The average Bonchev–Trinajstić information content (AvgIpc) is 3.35. The Bertz CT molecular complexity index is 913. The van der Waals surface area contributed by atoms with Crippen LogP contribution in [-0.4, -0.2) is 51.3 Å². The lowest BCUT2D eigenvalue weighted by Gasteiger charge is -2.22. The fourth-order valence-electron chi connectivity index (χ4n) is 4.03. The van der Waals surface area contributed by atoms with Gasteiger partial charge in [0.1, 0.15) is 0 Å². The summed E-state index contributed by atoms with van der Waals surface area (Å²) in [5, 5.41) is 0.967. The first-order valence-electron chi connectivity index (χ1n) is 8.44. The van der Waals surface area contributed by atoms with E-state index in [0.717, 1.165) is 47.8 Å². The molecule has 0 radical (unpaired) electrons. The van der Waals surface area contributed by atoms with Crippen molar-refractivity contribution in [2.45, 2.75) is 0 Å². The van der Waals surface area contributed by atoms with E-state index in [2.05, 4.69) is 19.2 Å². The van der Waals surface area contributed by atoms with Crippen LogP contribution < -0.4 is 4.90 Å². The number of anilines is 1. The molecule has 6 nitrogen and oxygen atoms in total. The van der Waals surface area contributed by atoms with Crippen LogP contribution in [0.5, 0.6) is 0 Å². The van der Waals surface area contributed by atoms with Gasteiger partial charge in [-0.25, -0.2) is 9.97 Å². The molecule has 2 saturated heterocycles. The number of rotatable bonds is 2. The molecule has 3 aromatic rings. The van der Waals surface area contributed by atoms with E-state index >= 15 is 0 Å². The van der Waals surface area contributed by atoms with E-state index in [1.54, 1.807) is 18.6 Å². The number of amides is 1. The van der Waals surface area contributed by atoms with Gasteiger partial charge in [0.05, 0.1) is 4.70 Å². The number of carbonyl (C=O) groups excluding carboxylic acids is 1. The second kappa shape index (κ2) is 5.77. The largest absolute Gasteiger partial charge is 0.340 e. The van der Waals surface area contributed by atoms with Crippen LogP contribution in [0.4, 0.5) is 5.95 Å². The number of aromatic nitrogens is 3. The van der Waals surface area contributed by atoms with E-state index in [1.807, 2.05) is 29.2 Å². The van der Waals surface area contributed by atoms with Crippen LogP contribution in [0.2, 0.25) is 0 Å². The highest BCUT2D eigenvalue weighted by Gasteiger charge is 2.42. The second-order valence-corrected chi connectivity index (χ2v) is 7.56. The first kappa shape index (κ1) is 14.8. The summed E-state index contributed by atoms with van der Waals surface area (Å²) >= 11 is 1.43. The Balaban J connectivity index is 1.33. The molecule has 2 atom stereocenters. The van der Waals surface area contributed by atoms with Crippen LogP contribution in [-0.2, 0) is 0 Å². The summed E-state index contributed by atoms with van der Waals surface area (Å²) in [7, 11) is 0. The SMILES string of the molecule is O=C(c1cccc2sncc12)N1C[C@@H]2CN(c3ncccn3)C[C@@H]2C1. The van der Waals surface area contributed by atoms with Crippen molar-refractivity contribution in [3.63, 3.8) is 0 Å². The van der Waals surface area contributed by atoms with Crippen LogP contribution >= 0.6 is 11.5 Å². The fourth-order valence-corrected chi connectivity index (χ4v) is 4.70. The minimum Gasteiger partial charge on any atom is -0.340 e. The van der Waals surface area contributed by atoms with Crippen molar-refractivity contribution >= 4 is 33.5 Å². The van der Waals surface area contributed by atoms with Gasteiger partial charge in [-0.05, 0) is 29.7 Å². The van der Waals surface area contributed by atoms with Gasteiger partial charge in [-0.2, -0.15) is 4.37 Å². The molecule has 5 rings (SSSR count). The zero-order chi connectivity index (χ0) is 16.8. The van der Waals surface area contributed by atoms with E-state index < -0.39 is 0 Å². The Kier molecular flexibility index (Phi) is 3.41. The van der Waals surface area contributed by atoms with Crippen molar-refractivity contribution in [1.29, 1.82) is 0 Å². The highest BCUT2D eigenvalue weighted by Crippen LogP contribution is 2.34. The summed E-state index contributed by atoms with van der Waals surface area (Å²) in [5.74, 6) is 1.91. The minimum absolute atomic E-state index is 0.128. The van der Waals surface area contributed by atoms with Crippen molar-refractivity contribution in [2.24, 2.45) is 11.8 Å². The smallest absolute Gasteiger partial charge is 0.254 e. The van der Waals surface area contributed by atoms with Gasteiger partial charge < -0.3 is 9.80 Å². The molecule has 0 N–H and O–H groups in total. The van der Waals surface area contributed by atoms with Crippen molar-refractivity contribution in [1.82, 2.24) is 19.2 Å². The summed E-state index contributed by atoms with van der Waals surface area (Å²) in [4.78, 5) is 25.9. The first-order valence-corrected chi connectivity index (χ1v) is 9.21.